The van der Waals surface area contributed by atoms with Gasteiger partial charge in [0.05, 0.1) is 10.6 Å². The molecule has 1 rings (SSSR count). The van der Waals surface area contributed by atoms with Crippen LogP contribution in [0, 0.1) is 0 Å². The van der Waals surface area contributed by atoms with Crippen LogP contribution in [-0.4, -0.2) is 16.2 Å². The third-order valence-electron chi connectivity index (χ3n) is 1.59. The number of halogens is 1. The van der Waals surface area contributed by atoms with E-state index < -0.39 is 5.97 Å². The summed E-state index contributed by atoms with van der Waals surface area (Å²) in [7, 11) is 0. The Bertz CT molecular complexity index is 411. The van der Waals surface area contributed by atoms with Gasteiger partial charge in [-0.1, -0.05) is 11.6 Å². The first-order valence-corrected chi connectivity index (χ1v) is 4.63. The van der Waals surface area contributed by atoms with Crippen molar-refractivity contribution in [2.45, 2.75) is 0 Å². The van der Waals surface area contributed by atoms with E-state index in [1.807, 2.05) is 0 Å². The Morgan fingerprint density at radius 1 is 1.53 bits per heavy atom. The van der Waals surface area contributed by atoms with Crippen molar-refractivity contribution in [3.8, 4) is 0 Å². The van der Waals surface area contributed by atoms with Crippen LogP contribution in [0.3, 0.4) is 0 Å². The average Bonchev–Trinajstić information content (AvgIpc) is 2.17. The summed E-state index contributed by atoms with van der Waals surface area (Å²) in [6.07, 6.45) is 0. The molecule has 0 saturated carbocycles. The highest BCUT2D eigenvalue weighted by Gasteiger charge is 2.08. The number of rotatable bonds is 2. The predicted molar refractivity (Wildman–Crippen MR) is 62.0 cm³/mol. The molecule has 7 heteroatoms. The van der Waals surface area contributed by atoms with Gasteiger partial charge in [-0.05, 0) is 30.4 Å². The average molecular weight is 246 g/mol. The molecule has 0 heterocycles. The van der Waals surface area contributed by atoms with E-state index in [4.69, 9.17) is 34.8 Å². The highest BCUT2D eigenvalue weighted by molar-refractivity contribution is 7.80. The lowest BCUT2D eigenvalue weighted by molar-refractivity contribution is 0.0697. The van der Waals surface area contributed by atoms with Crippen molar-refractivity contribution in [2.24, 2.45) is 5.84 Å². The van der Waals surface area contributed by atoms with Crippen LogP contribution in [0.1, 0.15) is 10.4 Å². The van der Waals surface area contributed by atoms with E-state index in [2.05, 4.69) is 10.7 Å². The first-order valence-electron chi connectivity index (χ1n) is 3.85. The van der Waals surface area contributed by atoms with E-state index >= 15 is 0 Å². The van der Waals surface area contributed by atoms with Crippen LogP contribution in [0.25, 0.3) is 0 Å². The van der Waals surface area contributed by atoms with Crippen LogP contribution >= 0.6 is 23.8 Å². The Labute approximate surface area is 96.2 Å². The fourth-order valence-electron chi connectivity index (χ4n) is 0.933. The number of carboxylic acid groups (broad SMARTS) is 1. The molecule has 5 N–H and O–H groups in total. The maximum atomic E-state index is 10.6. The zero-order valence-electron chi connectivity index (χ0n) is 7.45. The Morgan fingerprint density at radius 2 is 2.20 bits per heavy atom. The van der Waals surface area contributed by atoms with Gasteiger partial charge in [0.25, 0.3) is 0 Å². The van der Waals surface area contributed by atoms with E-state index in [1.165, 1.54) is 12.1 Å². The van der Waals surface area contributed by atoms with Gasteiger partial charge in [-0.2, -0.15) is 0 Å². The summed E-state index contributed by atoms with van der Waals surface area (Å²) in [5.41, 5.74) is 2.83. The zero-order valence-corrected chi connectivity index (χ0v) is 9.02. The number of carbonyl (C=O) groups is 1. The van der Waals surface area contributed by atoms with E-state index in [9.17, 15) is 4.79 Å². The molecule has 0 fully saturated rings. The number of aromatic carboxylic acids is 1. The number of anilines is 1. The fourth-order valence-corrected chi connectivity index (χ4v) is 1.31. The molecule has 1 aromatic carbocycles. The minimum absolute atomic E-state index is 0.0360. The first-order chi connectivity index (χ1) is 7.04. The molecule has 5 nitrogen and oxygen atoms in total. The lowest BCUT2D eigenvalue weighted by atomic mass is 10.2. The molecule has 0 atom stereocenters. The molecule has 0 amide bonds. The molecule has 80 valence electrons. The van der Waals surface area contributed by atoms with Gasteiger partial charge in [0.15, 0.2) is 5.11 Å². The number of hydrazine groups is 1. The molecule has 0 aromatic heterocycles. The van der Waals surface area contributed by atoms with Crippen LogP contribution in [0.15, 0.2) is 18.2 Å². The quantitative estimate of drug-likeness (QED) is 0.356. The van der Waals surface area contributed by atoms with Crippen LogP contribution in [-0.2, 0) is 0 Å². The minimum Gasteiger partial charge on any atom is -0.478 e. The predicted octanol–water partition coefficient (Wildman–Crippen LogP) is 1.20. The van der Waals surface area contributed by atoms with Crippen molar-refractivity contribution >= 4 is 40.6 Å². The van der Waals surface area contributed by atoms with E-state index in [-0.39, 0.29) is 15.7 Å². The van der Waals surface area contributed by atoms with Crippen LogP contribution < -0.4 is 16.6 Å². The van der Waals surface area contributed by atoms with Crippen LogP contribution in [0.5, 0.6) is 0 Å². The van der Waals surface area contributed by atoms with E-state index in [1.54, 1.807) is 6.07 Å². The number of benzene rings is 1. The first kappa shape index (κ1) is 11.7. The van der Waals surface area contributed by atoms with Crippen molar-refractivity contribution in [3.05, 3.63) is 28.8 Å². The van der Waals surface area contributed by atoms with Gasteiger partial charge in [-0.15, -0.1) is 0 Å². The Balaban J connectivity index is 2.91. The monoisotopic (exact) mass is 245 g/mol. The number of carboxylic acids is 1. The van der Waals surface area contributed by atoms with Crippen LogP contribution in [0.4, 0.5) is 5.69 Å². The van der Waals surface area contributed by atoms with Crippen molar-refractivity contribution in [1.29, 1.82) is 0 Å². The fraction of sp³-hybridized carbons (Fsp3) is 0. The summed E-state index contributed by atoms with van der Waals surface area (Å²) in [6, 6.07) is 4.37. The summed E-state index contributed by atoms with van der Waals surface area (Å²) in [5, 5.41) is 11.8. The second-order valence-electron chi connectivity index (χ2n) is 2.60. The molecular weight excluding hydrogens is 238 g/mol. The standard InChI is InChI=1S/C8H8ClN3O2S/c9-6-3-4(11-8(15)12-10)1-2-5(6)7(13)14/h1-3H,10H2,(H,13,14)(H2,11,12,15). The van der Waals surface area contributed by atoms with E-state index in [0.717, 1.165) is 0 Å². The molecular formula is C8H8ClN3O2S. The van der Waals surface area contributed by atoms with Gasteiger partial charge in [0.1, 0.15) is 0 Å². The molecule has 0 spiro atoms. The number of hydrogen-bond acceptors (Lipinski definition) is 3. The van der Waals surface area contributed by atoms with Gasteiger partial charge >= 0.3 is 5.97 Å². The number of hydrogen-bond donors (Lipinski definition) is 4. The minimum atomic E-state index is -1.08. The summed E-state index contributed by atoms with van der Waals surface area (Å²) < 4.78 is 0. The molecule has 0 unspecified atom stereocenters. The molecule has 0 radical (unpaired) electrons. The largest absolute Gasteiger partial charge is 0.478 e. The van der Waals surface area contributed by atoms with Crippen molar-refractivity contribution in [1.82, 2.24) is 5.43 Å². The molecule has 0 aliphatic rings. The Kier molecular flexibility index (Phi) is 3.84. The van der Waals surface area contributed by atoms with Gasteiger partial charge < -0.3 is 15.8 Å². The topological polar surface area (TPSA) is 87.4 Å². The van der Waals surface area contributed by atoms with Crippen molar-refractivity contribution in [2.75, 3.05) is 5.32 Å². The summed E-state index contributed by atoms with van der Waals surface area (Å²) >= 11 is 10.5. The summed E-state index contributed by atoms with van der Waals surface area (Å²) in [4.78, 5) is 10.6. The third kappa shape index (κ3) is 3.05. The second kappa shape index (κ2) is 4.92. The molecule has 15 heavy (non-hydrogen) atoms. The van der Waals surface area contributed by atoms with Gasteiger partial charge in [0, 0.05) is 5.69 Å². The normalized spacial score (nSPS) is 9.47. The molecule has 0 bridgehead atoms. The maximum absolute atomic E-state index is 10.6. The van der Waals surface area contributed by atoms with Gasteiger partial charge in [-0.3, -0.25) is 0 Å². The Morgan fingerprint density at radius 3 is 2.67 bits per heavy atom. The number of thiocarbonyl (C=S) groups is 1. The summed E-state index contributed by atoms with van der Waals surface area (Å²) in [6.45, 7) is 0. The Hall–Kier alpha value is -1.37. The van der Waals surface area contributed by atoms with Gasteiger partial charge in [0.2, 0.25) is 0 Å². The number of nitrogens with one attached hydrogen (secondary N) is 2. The molecule has 0 aliphatic carbocycles. The lowest BCUT2D eigenvalue weighted by Crippen LogP contribution is -2.34. The molecule has 0 aliphatic heterocycles. The maximum Gasteiger partial charge on any atom is 0.337 e. The smallest absolute Gasteiger partial charge is 0.337 e. The molecule has 1 aromatic rings. The van der Waals surface area contributed by atoms with E-state index in [0.29, 0.717) is 5.69 Å². The van der Waals surface area contributed by atoms with Crippen molar-refractivity contribution in [3.63, 3.8) is 0 Å². The van der Waals surface area contributed by atoms with Crippen molar-refractivity contribution < 1.29 is 9.90 Å². The zero-order chi connectivity index (χ0) is 11.4. The number of nitrogens with two attached hydrogens (primary N) is 1. The van der Waals surface area contributed by atoms with Crippen LogP contribution in [0.2, 0.25) is 5.02 Å². The third-order valence-corrected chi connectivity index (χ3v) is 2.12. The highest BCUT2D eigenvalue weighted by Crippen LogP contribution is 2.20. The lowest BCUT2D eigenvalue weighted by Gasteiger charge is -2.07. The highest BCUT2D eigenvalue weighted by atomic mass is 35.5. The molecule has 0 saturated heterocycles. The van der Waals surface area contributed by atoms with Gasteiger partial charge in [-0.25, -0.2) is 10.6 Å². The SMILES string of the molecule is NNC(=S)Nc1ccc(C(=O)O)c(Cl)c1. The second-order valence-corrected chi connectivity index (χ2v) is 3.41. The summed E-state index contributed by atoms with van der Waals surface area (Å²) in [5.74, 6) is 3.98.